The summed E-state index contributed by atoms with van der Waals surface area (Å²) in [6.07, 6.45) is 0. The molecule has 0 bridgehead atoms. The van der Waals surface area contributed by atoms with Crippen molar-refractivity contribution in [3.8, 4) is 5.75 Å². The molecule has 0 amide bonds. The van der Waals surface area contributed by atoms with Crippen LogP contribution in [0.3, 0.4) is 0 Å². The molecule has 0 spiro atoms. The molecule has 8 heteroatoms. The SMILES string of the molecule is O=S(=O)(Cl)c1ccc(OCc2ccc(Br)cc2)c(F)c1F. The fourth-order valence-electron chi connectivity index (χ4n) is 1.56. The van der Waals surface area contributed by atoms with Gasteiger partial charge in [0, 0.05) is 15.2 Å². The molecule has 2 rings (SSSR count). The maximum Gasteiger partial charge on any atom is 0.264 e. The Morgan fingerprint density at radius 2 is 1.67 bits per heavy atom. The number of halogens is 4. The predicted molar refractivity (Wildman–Crippen MR) is 77.9 cm³/mol. The third-order valence-corrected chi connectivity index (χ3v) is 4.45. The zero-order valence-corrected chi connectivity index (χ0v) is 13.5. The van der Waals surface area contributed by atoms with Gasteiger partial charge >= 0.3 is 0 Å². The van der Waals surface area contributed by atoms with Gasteiger partial charge in [0.05, 0.1) is 0 Å². The van der Waals surface area contributed by atoms with Crippen molar-refractivity contribution in [3.05, 3.63) is 58.1 Å². The molecule has 0 aliphatic carbocycles. The smallest absolute Gasteiger partial charge is 0.264 e. The van der Waals surface area contributed by atoms with E-state index in [1.165, 1.54) is 0 Å². The number of hydrogen-bond donors (Lipinski definition) is 0. The fourth-order valence-corrected chi connectivity index (χ4v) is 2.71. The zero-order chi connectivity index (χ0) is 15.6. The Labute approximate surface area is 133 Å². The van der Waals surface area contributed by atoms with Crippen LogP contribution in [-0.2, 0) is 15.7 Å². The molecule has 0 heterocycles. The monoisotopic (exact) mass is 396 g/mol. The van der Waals surface area contributed by atoms with Gasteiger partial charge in [0.25, 0.3) is 9.05 Å². The summed E-state index contributed by atoms with van der Waals surface area (Å²) in [4.78, 5) is -0.919. The Morgan fingerprint density at radius 1 is 1.05 bits per heavy atom. The first-order chi connectivity index (χ1) is 9.79. The lowest BCUT2D eigenvalue weighted by Crippen LogP contribution is -2.03. The third-order valence-electron chi connectivity index (χ3n) is 2.58. The van der Waals surface area contributed by atoms with Crippen molar-refractivity contribution in [1.29, 1.82) is 0 Å². The van der Waals surface area contributed by atoms with Crippen LogP contribution in [0, 0.1) is 11.6 Å². The molecule has 2 aromatic carbocycles. The molecular formula is C13H8BrClF2O3S. The second-order valence-corrected chi connectivity index (χ2v) is 7.49. The minimum Gasteiger partial charge on any atom is -0.486 e. The molecule has 0 N–H and O–H groups in total. The van der Waals surface area contributed by atoms with Crippen molar-refractivity contribution >= 4 is 35.7 Å². The normalized spacial score (nSPS) is 11.4. The van der Waals surface area contributed by atoms with Crippen molar-refractivity contribution in [2.45, 2.75) is 11.5 Å². The molecule has 0 radical (unpaired) electrons. The second-order valence-electron chi connectivity index (χ2n) is 4.04. The first-order valence-electron chi connectivity index (χ1n) is 5.59. The number of ether oxygens (including phenoxy) is 1. The van der Waals surface area contributed by atoms with E-state index in [1.807, 2.05) is 0 Å². The molecule has 0 unspecified atom stereocenters. The standard InChI is InChI=1S/C13H8BrClF2O3S/c14-9-3-1-8(2-4-9)7-20-10-5-6-11(21(15,18)19)13(17)12(10)16/h1-6H,7H2. The highest BCUT2D eigenvalue weighted by atomic mass is 79.9. The quantitative estimate of drug-likeness (QED) is 0.725. The van der Waals surface area contributed by atoms with Crippen molar-refractivity contribution in [2.24, 2.45) is 0 Å². The Morgan fingerprint density at radius 3 is 2.24 bits per heavy atom. The van der Waals surface area contributed by atoms with E-state index in [2.05, 4.69) is 15.9 Å². The van der Waals surface area contributed by atoms with Crippen molar-refractivity contribution in [2.75, 3.05) is 0 Å². The van der Waals surface area contributed by atoms with Gasteiger partial charge in [0.15, 0.2) is 11.6 Å². The van der Waals surface area contributed by atoms with Gasteiger partial charge in [0.1, 0.15) is 11.5 Å². The van der Waals surface area contributed by atoms with Gasteiger partial charge in [-0.05, 0) is 29.8 Å². The summed E-state index contributed by atoms with van der Waals surface area (Å²) in [5, 5.41) is 0. The first-order valence-corrected chi connectivity index (χ1v) is 8.69. The largest absolute Gasteiger partial charge is 0.486 e. The highest BCUT2D eigenvalue weighted by molar-refractivity contribution is 9.10. The average molecular weight is 398 g/mol. The lowest BCUT2D eigenvalue weighted by molar-refractivity contribution is 0.283. The van der Waals surface area contributed by atoms with Crippen LogP contribution >= 0.6 is 26.6 Å². The van der Waals surface area contributed by atoms with Crippen molar-refractivity contribution < 1.29 is 21.9 Å². The van der Waals surface area contributed by atoms with E-state index in [1.54, 1.807) is 24.3 Å². The summed E-state index contributed by atoms with van der Waals surface area (Å²) >= 11 is 3.27. The molecule has 0 aliphatic heterocycles. The van der Waals surface area contributed by atoms with Crippen LogP contribution in [0.2, 0.25) is 0 Å². The van der Waals surface area contributed by atoms with E-state index in [0.29, 0.717) is 0 Å². The highest BCUT2D eigenvalue weighted by Gasteiger charge is 2.22. The Balaban J connectivity index is 2.22. The molecule has 0 aliphatic rings. The summed E-state index contributed by atoms with van der Waals surface area (Å²) in [7, 11) is 0.648. The molecule has 21 heavy (non-hydrogen) atoms. The van der Waals surface area contributed by atoms with Gasteiger partial charge in [-0.3, -0.25) is 0 Å². The van der Waals surface area contributed by atoms with Crippen molar-refractivity contribution in [3.63, 3.8) is 0 Å². The molecule has 0 fully saturated rings. The van der Waals surface area contributed by atoms with E-state index < -0.39 is 25.6 Å². The third kappa shape index (κ3) is 3.93. The topological polar surface area (TPSA) is 43.4 Å². The maximum absolute atomic E-state index is 13.7. The summed E-state index contributed by atoms with van der Waals surface area (Å²) in [6.45, 7) is 0.0105. The molecular weight excluding hydrogens is 390 g/mol. The Bertz CT molecular complexity index is 764. The van der Waals surface area contributed by atoms with Crippen LogP contribution in [-0.4, -0.2) is 8.42 Å². The van der Waals surface area contributed by atoms with E-state index in [4.69, 9.17) is 15.4 Å². The van der Waals surface area contributed by atoms with Crippen molar-refractivity contribution in [1.82, 2.24) is 0 Å². The van der Waals surface area contributed by atoms with E-state index in [9.17, 15) is 17.2 Å². The Kier molecular flexibility index (Phi) is 4.85. The number of rotatable bonds is 4. The van der Waals surface area contributed by atoms with Gasteiger partial charge in [-0.2, -0.15) is 4.39 Å². The summed E-state index contributed by atoms with van der Waals surface area (Å²) in [5.41, 5.74) is 0.743. The zero-order valence-electron chi connectivity index (χ0n) is 10.3. The molecule has 0 atom stereocenters. The minimum atomic E-state index is -4.35. The first kappa shape index (κ1) is 16.2. The Hall–Kier alpha value is -1.18. The van der Waals surface area contributed by atoms with Crippen LogP contribution in [0.1, 0.15) is 5.56 Å². The molecule has 0 saturated heterocycles. The minimum absolute atomic E-state index is 0.0105. The number of hydrogen-bond acceptors (Lipinski definition) is 3. The predicted octanol–water partition coefficient (Wildman–Crippen LogP) is 4.23. The van der Waals surface area contributed by atoms with Crippen LogP contribution in [0.25, 0.3) is 0 Å². The van der Waals surface area contributed by atoms with Gasteiger partial charge in [-0.15, -0.1) is 0 Å². The van der Waals surface area contributed by atoms with Crippen LogP contribution in [0.15, 0.2) is 45.8 Å². The fraction of sp³-hybridized carbons (Fsp3) is 0.0769. The lowest BCUT2D eigenvalue weighted by Gasteiger charge is -2.09. The van der Waals surface area contributed by atoms with Gasteiger partial charge in [0.2, 0.25) is 5.82 Å². The molecule has 0 saturated carbocycles. The lowest BCUT2D eigenvalue weighted by atomic mass is 10.2. The van der Waals surface area contributed by atoms with Crippen LogP contribution in [0.5, 0.6) is 5.75 Å². The summed E-state index contributed by atoms with van der Waals surface area (Å²) < 4.78 is 55.4. The van der Waals surface area contributed by atoms with Gasteiger partial charge < -0.3 is 4.74 Å². The van der Waals surface area contributed by atoms with E-state index in [0.717, 1.165) is 22.2 Å². The second kappa shape index (κ2) is 6.29. The summed E-state index contributed by atoms with van der Waals surface area (Å²) in [5.74, 6) is -3.34. The van der Waals surface area contributed by atoms with Crippen LogP contribution in [0.4, 0.5) is 8.78 Å². The van der Waals surface area contributed by atoms with Gasteiger partial charge in [-0.25, -0.2) is 12.8 Å². The molecule has 112 valence electrons. The van der Waals surface area contributed by atoms with E-state index in [-0.39, 0.29) is 12.4 Å². The highest BCUT2D eigenvalue weighted by Crippen LogP contribution is 2.28. The average Bonchev–Trinajstić information content (AvgIpc) is 2.41. The maximum atomic E-state index is 13.7. The van der Waals surface area contributed by atoms with Crippen LogP contribution < -0.4 is 4.74 Å². The summed E-state index contributed by atoms with van der Waals surface area (Å²) in [6, 6.07) is 8.92. The molecule has 3 nitrogen and oxygen atoms in total. The molecule has 0 aromatic heterocycles. The van der Waals surface area contributed by atoms with E-state index >= 15 is 0 Å². The van der Waals surface area contributed by atoms with Gasteiger partial charge in [-0.1, -0.05) is 28.1 Å². The molecule has 2 aromatic rings. The number of benzene rings is 2.